The van der Waals surface area contributed by atoms with Crippen molar-refractivity contribution in [3.05, 3.63) is 22.4 Å². The van der Waals surface area contributed by atoms with Gasteiger partial charge in [0.1, 0.15) is 0 Å². The molecular formula is C15H26N4S. The molecule has 0 radical (unpaired) electrons. The number of guanidine groups is 1. The molecule has 0 spiro atoms. The third-order valence-electron chi connectivity index (χ3n) is 3.53. The first-order valence-electron chi connectivity index (χ1n) is 7.48. The third-order valence-corrected chi connectivity index (χ3v) is 4.59. The Morgan fingerprint density at radius 3 is 2.95 bits per heavy atom. The van der Waals surface area contributed by atoms with Crippen LogP contribution in [-0.2, 0) is 0 Å². The van der Waals surface area contributed by atoms with E-state index in [0.29, 0.717) is 12.1 Å². The molecule has 1 aromatic rings. The monoisotopic (exact) mass is 294 g/mol. The van der Waals surface area contributed by atoms with Crippen LogP contribution in [-0.4, -0.2) is 43.6 Å². The molecule has 2 N–H and O–H groups in total. The van der Waals surface area contributed by atoms with Crippen LogP contribution in [0.4, 0.5) is 0 Å². The minimum absolute atomic E-state index is 0.309. The highest BCUT2D eigenvalue weighted by molar-refractivity contribution is 7.10. The maximum Gasteiger partial charge on any atom is 0.192 e. The Bertz CT molecular complexity index is 412. The van der Waals surface area contributed by atoms with Crippen LogP contribution >= 0.6 is 11.3 Å². The maximum absolute atomic E-state index is 4.70. The molecule has 1 aromatic heterocycles. The molecule has 112 valence electrons. The van der Waals surface area contributed by atoms with E-state index in [1.165, 1.54) is 17.7 Å². The Hall–Kier alpha value is -1.07. The Morgan fingerprint density at radius 1 is 1.55 bits per heavy atom. The molecule has 0 amide bonds. The van der Waals surface area contributed by atoms with E-state index in [-0.39, 0.29) is 0 Å². The second kappa shape index (κ2) is 7.64. The van der Waals surface area contributed by atoms with Gasteiger partial charge in [-0.25, -0.2) is 0 Å². The predicted octanol–water partition coefficient (Wildman–Crippen LogP) is 2.46. The van der Waals surface area contributed by atoms with Crippen molar-refractivity contribution in [3.63, 3.8) is 0 Å². The summed E-state index contributed by atoms with van der Waals surface area (Å²) in [5, 5.41) is 9.13. The van der Waals surface area contributed by atoms with Crippen LogP contribution in [0, 0.1) is 0 Å². The van der Waals surface area contributed by atoms with Crippen LogP contribution in [0.2, 0.25) is 0 Å². The molecule has 0 aliphatic heterocycles. The van der Waals surface area contributed by atoms with Gasteiger partial charge in [0.25, 0.3) is 0 Å². The number of hydrogen-bond acceptors (Lipinski definition) is 3. The zero-order valence-electron chi connectivity index (χ0n) is 12.7. The number of aliphatic imine (C=N–C) groups is 1. The fourth-order valence-corrected chi connectivity index (χ4v) is 2.59. The lowest BCUT2D eigenvalue weighted by Gasteiger charge is -2.18. The number of nitrogens with one attached hydrogen (secondary N) is 2. The topological polar surface area (TPSA) is 39.7 Å². The molecule has 1 aliphatic rings. The highest BCUT2D eigenvalue weighted by Crippen LogP contribution is 2.20. The van der Waals surface area contributed by atoms with Crippen LogP contribution in [0.3, 0.4) is 0 Å². The molecule has 1 unspecified atom stereocenters. The van der Waals surface area contributed by atoms with Gasteiger partial charge >= 0.3 is 0 Å². The molecular weight excluding hydrogens is 268 g/mol. The molecule has 0 aromatic carbocycles. The number of thiophene rings is 1. The van der Waals surface area contributed by atoms with Crippen molar-refractivity contribution in [3.8, 4) is 0 Å². The summed E-state index contributed by atoms with van der Waals surface area (Å²) in [7, 11) is 2.13. The molecule has 1 fully saturated rings. The van der Waals surface area contributed by atoms with Crippen molar-refractivity contribution in [2.75, 3.05) is 26.7 Å². The smallest absolute Gasteiger partial charge is 0.192 e. The summed E-state index contributed by atoms with van der Waals surface area (Å²) in [4.78, 5) is 8.33. The Morgan fingerprint density at radius 2 is 2.35 bits per heavy atom. The molecule has 0 saturated heterocycles. The van der Waals surface area contributed by atoms with Crippen molar-refractivity contribution < 1.29 is 0 Å². The SMILES string of the molecule is CCN(C)CCN=C(NC1CC1)NC(C)c1cccs1. The minimum Gasteiger partial charge on any atom is -0.354 e. The lowest BCUT2D eigenvalue weighted by molar-refractivity contribution is 0.363. The second-order valence-electron chi connectivity index (χ2n) is 5.43. The number of hydrogen-bond donors (Lipinski definition) is 2. The van der Waals surface area contributed by atoms with Crippen LogP contribution in [0.15, 0.2) is 22.5 Å². The quantitative estimate of drug-likeness (QED) is 0.599. The Kier molecular flexibility index (Phi) is 5.86. The summed E-state index contributed by atoms with van der Waals surface area (Å²) in [6.45, 7) is 7.27. The molecule has 1 saturated carbocycles. The average Bonchev–Trinajstić information content (AvgIpc) is 3.08. The van der Waals surface area contributed by atoms with E-state index in [4.69, 9.17) is 4.99 Å². The molecule has 4 nitrogen and oxygen atoms in total. The van der Waals surface area contributed by atoms with Crippen LogP contribution in [0.5, 0.6) is 0 Å². The van der Waals surface area contributed by atoms with Gasteiger partial charge in [0, 0.05) is 17.5 Å². The normalized spacial score (nSPS) is 17.3. The zero-order chi connectivity index (χ0) is 14.4. The van der Waals surface area contributed by atoms with Gasteiger partial charge in [0.15, 0.2) is 5.96 Å². The van der Waals surface area contributed by atoms with Gasteiger partial charge < -0.3 is 15.5 Å². The first kappa shape index (κ1) is 15.3. The lowest BCUT2D eigenvalue weighted by Crippen LogP contribution is -2.40. The molecule has 20 heavy (non-hydrogen) atoms. The van der Waals surface area contributed by atoms with E-state index in [2.05, 4.69) is 53.9 Å². The Balaban J connectivity index is 1.87. The van der Waals surface area contributed by atoms with Crippen LogP contribution in [0.1, 0.15) is 37.6 Å². The fraction of sp³-hybridized carbons (Fsp3) is 0.667. The van der Waals surface area contributed by atoms with Crippen molar-refractivity contribution >= 4 is 17.3 Å². The summed E-state index contributed by atoms with van der Waals surface area (Å²) in [5.74, 6) is 0.956. The van der Waals surface area contributed by atoms with Gasteiger partial charge in [-0.3, -0.25) is 4.99 Å². The first-order chi connectivity index (χ1) is 9.69. The molecule has 2 rings (SSSR count). The molecule has 5 heteroatoms. The van der Waals surface area contributed by atoms with Gasteiger partial charge in [-0.2, -0.15) is 0 Å². The van der Waals surface area contributed by atoms with E-state index in [1.807, 2.05) is 0 Å². The minimum atomic E-state index is 0.309. The van der Waals surface area contributed by atoms with Crippen molar-refractivity contribution in [2.24, 2.45) is 4.99 Å². The highest BCUT2D eigenvalue weighted by atomic mass is 32.1. The molecule has 1 atom stereocenters. The molecule has 1 heterocycles. The van der Waals surface area contributed by atoms with E-state index in [0.717, 1.165) is 25.6 Å². The average molecular weight is 294 g/mol. The van der Waals surface area contributed by atoms with E-state index in [9.17, 15) is 0 Å². The second-order valence-corrected chi connectivity index (χ2v) is 6.41. The summed E-state index contributed by atoms with van der Waals surface area (Å²) in [6.07, 6.45) is 2.53. The van der Waals surface area contributed by atoms with Crippen molar-refractivity contribution in [2.45, 2.75) is 38.8 Å². The number of nitrogens with zero attached hydrogens (tertiary/aromatic N) is 2. The summed E-state index contributed by atoms with van der Waals surface area (Å²) in [5.41, 5.74) is 0. The van der Waals surface area contributed by atoms with Crippen molar-refractivity contribution in [1.82, 2.24) is 15.5 Å². The Labute approximate surface area is 126 Å². The summed E-state index contributed by atoms with van der Waals surface area (Å²) < 4.78 is 0. The molecule has 0 bridgehead atoms. The standard InChI is InChI=1S/C15H26N4S/c1-4-19(3)10-9-16-15(18-13-7-8-13)17-12(2)14-6-5-11-20-14/h5-6,11-13H,4,7-10H2,1-3H3,(H2,16,17,18). The van der Waals surface area contributed by atoms with Gasteiger partial charge in [-0.05, 0) is 44.8 Å². The van der Waals surface area contributed by atoms with Crippen molar-refractivity contribution in [1.29, 1.82) is 0 Å². The zero-order valence-corrected chi connectivity index (χ0v) is 13.5. The predicted molar refractivity (Wildman–Crippen MR) is 87.5 cm³/mol. The van der Waals surface area contributed by atoms with E-state index < -0.39 is 0 Å². The van der Waals surface area contributed by atoms with Gasteiger partial charge in [0.05, 0.1) is 12.6 Å². The third kappa shape index (κ3) is 5.13. The van der Waals surface area contributed by atoms with E-state index in [1.54, 1.807) is 11.3 Å². The number of rotatable bonds is 7. The maximum atomic E-state index is 4.70. The largest absolute Gasteiger partial charge is 0.354 e. The van der Waals surface area contributed by atoms with Crippen LogP contribution in [0.25, 0.3) is 0 Å². The van der Waals surface area contributed by atoms with Gasteiger partial charge in [0.2, 0.25) is 0 Å². The summed E-state index contributed by atoms with van der Waals surface area (Å²) >= 11 is 1.79. The fourth-order valence-electron chi connectivity index (χ4n) is 1.86. The first-order valence-corrected chi connectivity index (χ1v) is 8.36. The molecule has 1 aliphatic carbocycles. The highest BCUT2D eigenvalue weighted by Gasteiger charge is 2.23. The van der Waals surface area contributed by atoms with Gasteiger partial charge in [-0.1, -0.05) is 13.0 Å². The van der Waals surface area contributed by atoms with Gasteiger partial charge in [-0.15, -0.1) is 11.3 Å². The summed E-state index contributed by atoms with van der Waals surface area (Å²) in [6, 6.07) is 5.20. The van der Waals surface area contributed by atoms with Crippen LogP contribution < -0.4 is 10.6 Å². The lowest BCUT2D eigenvalue weighted by atomic mass is 10.3. The van der Waals surface area contributed by atoms with E-state index >= 15 is 0 Å². The number of likely N-dealkylation sites (N-methyl/N-ethyl adjacent to an activating group) is 1.